The molecular weight excluding hydrogens is 398 g/mol. The summed E-state index contributed by atoms with van der Waals surface area (Å²) in [5, 5.41) is 3.67. The molecule has 0 bridgehead atoms. The molecule has 0 spiro atoms. The number of ether oxygens (including phenoxy) is 1. The summed E-state index contributed by atoms with van der Waals surface area (Å²) in [6.07, 6.45) is 0. The minimum atomic E-state index is 0.228. The first-order valence-electron chi connectivity index (χ1n) is 9.30. The van der Waals surface area contributed by atoms with Gasteiger partial charge in [0.25, 0.3) is 0 Å². The zero-order valence-electron chi connectivity index (χ0n) is 16.3. The number of aryl methyl sites for hydroxylation is 2. The Kier molecular flexibility index (Phi) is 6.35. The molecule has 0 amide bonds. The average Bonchev–Trinajstić information content (AvgIpc) is 2.66. The van der Waals surface area contributed by atoms with Gasteiger partial charge < -0.3 is 10.1 Å². The molecule has 0 unspecified atom stereocenters. The molecule has 3 heteroatoms. The van der Waals surface area contributed by atoms with Crippen molar-refractivity contribution in [3.05, 3.63) is 93.5 Å². The molecule has 0 aromatic heterocycles. The van der Waals surface area contributed by atoms with E-state index in [1.807, 2.05) is 12.1 Å². The molecule has 27 heavy (non-hydrogen) atoms. The highest BCUT2D eigenvalue weighted by molar-refractivity contribution is 9.10. The van der Waals surface area contributed by atoms with Crippen molar-refractivity contribution in [3.8, 4) is 11.5 Å². The first kappa shape index (κ1) is 19.7. The molecule has 3 aromatic rings. The van der Waals surface area contributed by atoms with E-state index >= 15 is 0 Å². The monoisotopic (exact) mass is 423 g/mol. The van der Waals surface area contributed by atoms with Gasteiger partial charge in [-0.2, -0.15) is 0 Å². The molecule has 2 atom stereocenters. The number of hydrogen-bond donors (Lipinski definition) is 1. The zero-order valence-corrected chi connectivity index (χ0v) is 17.9. The van der Waals surface area contributed by atoms with Gasteiger partial charge in [-0.1, -0.05) is 54.6 Å². The average molecular weight is 424 g/mol. The molecule has 0 radical (unpaired) electrons. The maximum atomic E-state index is 6.19. The lowest BCUT2D eigenvalue weighted by Gasteiger charge is -2.21. The van der Waals surface area contributed by atoms with Crippen molar-refractivity contribution in [1.29, 1.82) is 0 Å². The SMILES string of the molecule is Cc1cccc(C)c1Oc1ccc([C@@H](C)N[C@@H](C)c2ccccc2)cc1Br. The Hall–Kier alpha value is -2.10. The topological polar surface area (TPSA) is 21.3 Å². The summed E-state index contributed by atoms with van der Waals surface area (Å²) >= 11 is 3.68. The predicted octanol–water partition coefficient (Wildman–Crippen LogP) is 7.27. The fraction of sp³-hybridized carbons (Fsp3) is 0.250. The van der Waals surface area contributed by atoms with Crippen molar-refractivity contribution in [1.82, 2.24) is 5.32 Å². The van der Waals surface area contributed by atoms with Crippen molar-refractivity contribution in [2.24, 2.45) is 0 Å². The normalized spacial score (nSPS) is 13.2. The van der Waals surface area contributed by atoms with Crippen molar-refractivity contribution < 1.29 is 4.74 Å². The van der Waals surface area contributed by atoms with Gasteiger partial charge in [-0.25, -0.2) is 0 Å². The summed E-state index contributed by atoms with van der Waals surface area (Å²) in [7, 11) is 0. The molecule has 0 aliphatic rings. The number of nitrogens with one attached hydrogen (secondary N) is 1. The second-order valence-electron chi connectivity index (χ2n) is 7.03. The molecule has 0 saturated carbocycles. The highest BCUT2D eigenvalue weighted by Gasteiger charge is 2.14. The van der Waals surface area contributed by atoms with Crippen LogP contribution in [0.5, 0.6) is 11.5 Å². The third kappa shape index (κ3) is 4.79. The van der Waals surface area contributed by atoms with Crippen LogP contribution in [0.25, 0.3) is 0 Å². The quantitative estimate of drug-likeness (QED) is 0.449. The van der Waals surface area contributed by atoms with E-state index in [0.717, 1.165) is 27.1 Å². The van der Waals surface area contributed by atoms with E-state index < -0.39 is 0 Å². The lowest BCUT2D eigenvalue weighted by atomic mass is 10.0. The van der Waals surface area contributed by atoms with Gasteiger partial charge in [-0.15, -0.1) is 0 Å². The summed E-state index contributed by atoms with van der Waals surface area (Å²) in [5.41, 5.74) is 4.78. The van der Waals surface area contributed by atoms with Crippen LogP contribution in [0.1, 0.15) is 48.2 Å². The van der Waals surface area contributed by atoms with Crippen molar-refractivity contribution in [2.75, 3.05) is 0 Å². The van der Waals surface area contributed by atoms with E-state index in [0.29, 0.717) is 0 Å². The standard InChI is InChI=1S/C24H26BrNO/c1-16-9-8-10-17(2)24(16)27-23-14-13-21(15-22(23)25)19(4)26-18(3)20-11-6-5-7-12-20/h5-15,18-19,26H,1-4H3/t18-,19+/m0/s1. The van der Waals surface area contributed by atoms with Crippen LogP contribution in [-0.4, -0.2) is 0 Å². The molecule has 0 aliphatic carbocycles. The Balaban J connectivity index is 1.74. The molecule has 0 fully saturated rings. The Morgan fingerprint density at radius 3 is 2.04 bits per heavy atom. The number of rotatable bonds is 6. The van der Waals surface area contributed by atoms with Gasteiger partial charge in [-0.05, 0) is 78.0 Å². The van der Waals surface area contributed by atoms with Crippen molar-refractivity contribution >= 4 is 15.9 Å². The first-order chi connectivity index (χ1) is 13.0. The summed E-state index contributed by atoms with van der Waals surface area (Å²) in [5.74, 6) is 1.76. The lowest BCUT2D eigenvalue weighted by Crippen LogP contribution is -2.22. The van der Waals surface area contributed by atoms with E-state index in [1.54, 1.807) is 0 Å². The maximum Gasteiger partial charge on any atom is 0.141 e. The van der Waals surface area contributed by atoms with Crippen LogP contribution in [0.3, 0.4) is 0 Å². The van der Waals surface area contributed by atoms with Gasteiger partial charge in [0.15, 0.2) is 0 Å². The fourth-order valence-corrected chi connectivity index (χ4v) is 3.73. The van der Waals surface area contributed by atoms with E-state index in [4.69, 9.17) is 4.74 Å². The van der Waals surface area contributed by atoms with E-state index in [1.165, 1.54) is 11.1 Å². The molecule has 2 nitrogen and oxygen atoms in total. The largest absolute Gasteiger partial charge is 0.456 e. The molecule has 3 rings (SSSR count). The summed E-state index contributed by atoms with van der Waals surface area (Å²) in [4.78, 5) is 0. The second-order valence-corrected chi connectivity index (χ2v) is 7.89. The Labute approximate surface area is 170 Å². The molecule has 1 N–H and O–H groups in total. The fourth-order valence-electron chi connectivity index (χ4n) is 3.25. The third-order valence-corrected chi connectivity index (χ3v) is 5.50. The van der Waals surface area contributed by atoms with Crippen molar-refractivity contribution in [2.45, 2.75) is 39.8 Å². The Morgan fingerprint density at radius 2 is 1.41 bits per heavy atom. The zero-order chi connectivity index (χ0) is 19.4. The third-order valence-electron chi connectivity index (χ3n) is 4.88. The van der Waals surface area contributed by atoms with Crippen LogP contribution in [0.4, 0.5) is 0 Å². The first-order valence-corrected chi connectivity index (χ1v) is 10.1. The number of benzene rings is 3. The van der Waals surface area contributed by atoms with Gasteiger partial charge in [0, 0.05) is 12.1 Å². The van der Waals surface area contributed by atoms with E-state index in [-0.39, 0.29) is 12.1 Å². The summed E-state index contributed by atoms with van der Waals surface area (Å²) in [6.45, 7) is 8.52. The Bertz CT molecular complexity index is 887. The number of hydrogen-bond acceptors (Lipinski definition) is 2. The molecule has 3 aromatic carbocycles. The molecule has 0 saturated heterocycles. The lowest BCUT2D eigenvalue weighted by molar-refractivity contribution is 0.469. The maximum absolute atomic E-state index is 6.19. The van der Waals surface area contributed by atoms with Crippen LogP contribution in [-0.2, 0) is 0 Å². The van der Waals surface area contributed by atoms with Crippen LogP contribution < -0.4 is 10.1 Å². The van der Waals surface area contributed by atoms with Gasteiger partial charge in [-0.3, -0.25) is 0 Å². The molecule has 140 valence electrons. The molecule has 0 heterocycles. The van der Waals surface area contributed by atoms with Crippen LogP contribution in [0, 0.1) is 13.8 Å². The van der Waals surface area contributed by atoms with Crippen LogP contribution >= 0.6 is 15.9 Å². The predicted molar refractivity (Wildman–Crippen MR) is 117 cm³/mol. The van der Waals surface area contributed by atoms with Gasteiger partial charge in [0.05, 0.1) is 4.47 Å². The smallest absolute Gasteiger partial charge is 0.141 e. The van der Waals surface area contributed by atoms with Crippen LogP contribution in [0.15, 0.2) is 71.2 Å². The Morgan fingerprint density at radius 1 is 0.778 bits per heavy atom. The molecule has 0 aliphatic heterocycles. The summed E-state index contributed by atoms with van der Waals surface area (Å²) < 4.78 is 7.15. The minimum Gasteiger partial charge on any atom is -0.456 e. The highest BCUT2D eigenvalue weighted by atomic mass is 79.9. The van der Waals surface area contributed by atoms with E-state index in [9.17, 15) is 0 Å². The molecular formula is C24H26BrNO. The summed E-state index contributed by atoms with van der Waals surface area (Å²) in [6, 6.07) is 23.5. The highest BCUT2D eigenvalue weighted by Crippen LogP contribution is 2.35. The van der Waals surface area contributed by atoms with Crippen molar-refractivity contribution in [3.63, 3.8) is 0 Å². The second kappa shape index (κ2) is 8.73. The van der Waals surface area contributed by atoms with Gasteiger partial charge in [0.1, 0.15) is 11.5 Å². The van der Waals surface area contributed by atoms with Gasteiger partial charge >= 0.3 is 0 Å². The minimum absolute atomic E-state index is 0.228. The van der Waals surface area contributed by atoms with Crippen LogP contribution in [0.2, 0.25) is 0 Å². The number of para-hydroxylation sites is 1. The number of halogens is 1. The van der Waals surface area contributed by atoms with E-state index in [2.05, 4.69) is 104 Å². The van der Waals surface area contributed by atoms with Gasteiger partial charge in [0.2, 0.25) is 0 Å².